The van der Waals surface area contributed by atoms with Crippen molar-refractivity contribution in [3.8, 4) is 0 Å². The van der Waals surface area contributed by atoms with Gasteiger partial charge in [0.15, 0.2) is 0 Å². The second-order valence-corrected chi connectivity index (χ2v) is 7.40. The third-order valence-corrected chi connectivity index (χ3v) is 4.87. The van der Waals surface area contributed by atoms with Crippen molar-refractivity contribution in [2.45, 2.75) is 63.6 Å². The number of carboxylic acid groups (broad SMARTS) is 1. The molecule has 1 aliphatic carbocycles. The molecule has 0 aromatic rings. The largest absolute Gasteiger partial charge is 0.480 e. The first-order valence-corrected chi connectivity index (χ1v) is 7.98. The van der Waals surface area contributed by atoms with Crippen LogP contribution in [0, 0.1) is 0 Å². The summed E-state index contributed by atoms with van der Waals surface area (Å²) in [6.45, 7) is 7.56. The zero-order valence-electron chi connectivity index (χ0n) is 14.6. The van der Waals surface area contributed by atoms with Crippen molar-refractivity contribution in [1.82, 2.24) is 15.1 Å². The van der Waals surface area contributed by atoms with Crippen LogP contribution in [0.15, 0.2) is 0 Å². The van der Waals surface area contributed by atoms with E-state index in [1.54, 1.807) is 6.92 Å². The Bertz CT molecular complexity index is 353. The molecule has 124 valence electrons. The van der Waals surface area contributed by atoms with Crippen LogP contribution >= 0.6 is 0 Å². The molecular formula is C16H33N3O2. The minimum absolute atomic E-state index is 0.163. The fourth-order valence-electron chi connectivity index (χ4n) is 3.21. The molecule has 1 fully saturated rings. The fraction of sp³-hybridized carbons (Fsp3) is 0.938. The van der Waals surface area contributed by atoms with Crippen molar-refractivity contribution in [3.63, 3.8) is 0 Å². The lowest BCUT2D eigenvalue weighted by atomic mass is 9.75. The van der Waals surface area contributed by atoms with E-state index in [9.17, 15) is 9.90 Å². The van der Waals surface area contributed by atoms with Crippen LogP contribution in [0.25, 0.3) is 0 Å². The number of rotatable bonds is 9. The summed E-state index contributed by atoms with van der Waals surface area (Å²) in [5.41, 5.74) is -0.562. The fourth-order valence-corrected chi connectivity index (χ4v) is 3.21. The Kier molecular flexibility index (Phi) is 6.20. The Labute approximate surface area is 129 Å². The maximum Gasteiger partial charge on any atom is 0.323 e. The molecule has 0 bridgehead atoms. The molecule has 0 saturated heterocycles. The van der Waals surface area contributed by atoms with E-state index in [4.69, 9.17) is 0 Å². The smallest absolute Gasteiger partial charge is 0.323 e. The highest BCUT2D eigenvalue weighted by Gasteiger charge is 2.40. The standard InChI is InChI=1S/C16H33N3O2/c1-13(2)17-15(3,14(20)21)10-11-19(6)12-16(18(4)5)8-7-9-16/h13,17H,7-12H2,1-6H3,(H,20,21). The van der Waals surface area contributed by atoms with Gasteiger partial charge in [0.2, 0.25) is 0 Å². The van der Waals surface area contributed by atoms with Crippen LogP contribution in [-0.2, 0) is 4.79 Å². The number of likely N-dealkylation sites (N-methyl/N-ethyl adjacent to an activating group) is 2. The zero-order valence-corrected chi connectivity index (χ0v) is 14.6. The first-order valence-electron chi connectivity index (χ1n) is 7.98. The van der Waals surface area contributed by atoms with Gasteiger partial charge in [0.25, 0.3) is 0 Å². The minimum Gasteiger partial charge on any atom is -0.480 e. The lowest BCUT2D eigenvalue weighted by molar-refractivity contribution is -0.145. The molecule has 5 heteroatoms. The van der Waals surface area contributed by atoms with Crippen LogP contribution in [0.3, 0.4) is 0 Å². The van der Waals surface area contributed by atoms with Gasteiger partial charge in [0.05, 0.1) is 0 Å². The molecule has 5 nitrogen and oxygen atoms in total. The SMILES string of the molecule is CC(C)NC(C)(CCN(C)CC1(N(C)C)CCC1)C(=O)O. The third-order valence-electron chi connectivity index (χ3n) is 4.87. The van der Waals surface area contributed by atoms with Gasteiger partial charge in [-0.3, -0.25) is 10.1 Å². The highest BCUT2D eigenvalue weighted by molar-refractivity contribution is 5.78. The van der Waals surface area contributed by atoms with E-state index < -0.39 is 11.5 Å². The summed E-state index contributed by atoms with van der Waals surface area (Å²) >= 11 is 0. The van der Waals surface area contributed by atoms with Crippen molar-refractivity contribution >= 4 is 5.97 Å². The second kappa shape index (κ2) is 7.07. The first kappa shape index (κ1) is 18.4. The van der Waals surface area contributed by atoms with Gasteiger partial charge < -0.3 is 14.9 Å². The summed E-state index contributed by atoms with van der Waals surface area (Å²) in [7, 11) is 6.39. The van der Waals surface area contributed by atoms with Crippen molar-refractivity contribution in [3.05, 3.63) is 0 Å². The van der Waals surface area contributed by atoms with E-state index in [1.807, 2.05) is 13.8 Å². The quantitative estimate of drug-likeness (QED) is 0.678. The summed E-state index contributed by atoms with van der Waals surface area (Å²) in [4.78, 5) is 16.2. The molecule has 0 aromatic heterocycles. The molecule has 0 amide bonds. The van der Waals surface area contributed by atoms with Crippen LogP contribution in [0.5, 0.6) is 0 Å². The monoisotopic (exact) mass is 299 g/mol. The van der Waals surface area contributed by atoms with Crippen LogP contribution in [0.4, 0.5) is 0 Å². The maximum absolute atomic E-state index is 11.5. The number of carboxylic acids is 1. The van der Waals surface area contributed by atoms with E-state index in [0.29, 0.717) is 12.0 Å². The number of nitrogens with zero attached hydrogens (tertiary/aromatic N) is 2. The lowest BCUT2D eigenvalue weighted by Crippen LogP contribution is -2.58. The van der Waals surface area contributed by atoms with Crippen LogP contribution in [0.1, 0.15) is 46.5 Å². The predicted molar refractivity (Wildman–Crippen MR) is 86.7 cm³/mol. The Morgan fingerprint density at radius 3 is 2.24 bits per heavy atom. The van der Waals surface area contributed by atoms with Gasteiger partial charge in [-0.25, -0.2) is 0 Å². The molecular weight excluding hydrogens is 266 g/mol. The van der Waals surface area contributed by atoms with Gasteiger partial charge in [0.1, 0.15) is 5.54 Å². The number of hydrogen-bond acceptors (Lipinski definition) is 4. The van der Waals surface area contributed by atoms with E-state index in [2.05, 4.69) is 36.3 Å². The maximum atomic E-state index is 11.5. The average molecular weight is 299 g/mol. The molecule has 1 saturated carbocycles. The second-order valence-electron chi connectivity index (χ2n) is 7.40. The average Bonchev–Trinajstić information content (AvgIpc) is 2.29. The molecule has 0 radical (unpaired) electrons. The van der Waals surface area contributed by atoms with Crippen molar-refractivity contribution in [2.75, 3.05) is 34.2 Å². The van der Waals surface area contributed by atoms with E-state index in [0.717, 1.165) is 13.1 Å². The van der Waals surface area contributed by atoms with Crippen LogP contribution < -0.4 is 5.32 Å². The molecule has 0 aromatic carbocycles. The summed E-state index contributed by atoms with van der Waals surface area (Å²) in [6.07, 6.45) is 4.39. The van der Waals surface area contributed by atoms with Gasteiger partial charge in [-0.1, -0.05) is 0 Å². The van der Waals surface area contributed by atoms with Crippen molar-refractivity contribution in [1.29, 1.82) is 0 Å². The van der Waals surface area contributed by atoms with Gasteiger partial charge in [0, 0.05) is 24.7 Å². The Morgan fingerprint density at radius 2 is 1.90 bits per heavy atom. The summed E-state index contributed by atoms with van der Waals surface area (Å²) in [5, 5.41) is 12.7. The lowest BCUT2D eigenvalue weighted by Gasteiger charge is -2.49. The highest BCUT2D eigenvalue weighted by atomic mass is 16.4. The molecule has 0 spiro atoms. The molecule has 1 atom stereocenters. The van der Waals surface area contributed by atoms with Gasteiger partial charge in [-0.2, -0.15) is 0 Å². The molecule has 21 heavy (non-hydrogen) atoms. The minimum atomic E-state index is -0.854. The number of aliphatic carboxylic acids is 1. The van der Waals surface area contributed by atoms with Crippen LogP contribution in [0.2, 0.25) is 0 Å². The Hall–Kier alpha value is -0.650. The molecule has 1 aliphatic rings. The van der Waals surface area contributed by atoms with Crippen molar-refractivity contribution in [2.24, 2.45) is 0 Å². The summed E-state index contributed by atoms with van der Waals surface area (Å²) in [5.74, 6) is -0.768. The van der Waals surface area contributed by atoms with Crippen LogP contribution in [-0.4, -0.2) is 72.2 Å². The van der Waals surface area contributed by atoms with Gasteiger partial charge >= 0.3 is 5.97 Å². The Balaban J connectivity index is 2.54. The predicted octanol–water partition coefficient (Wildman–Crippen LogP) is 1.63. The number of nitrogens with one attached hydrogen (secondary N) is 1. The summed E-state index contributed by atoms with van der Waals surface area (Å²) < 4.78 is 0. The molecule has 2 N–H and O–H groups in total. The topological polar surface area (TPSA) is 55.8 Å². The van der Waals surface area contributed by atoms with Gasteiger partial charge in [-0.15, -0.1) is 0 Å². The third kappa shape index (κ3) is 4.66. The molecule has 1 unspecified atom stereocenters. The van der Waals surface area contributed by atoms with E-state index in [-0.39, 0.29) is 6.04 Å². The van der Waals surface area contributed by atoms with E-state index >= 15 is 0 Å². The normalized spacial score (nSPS) is 20.6. The highest BCUT2D eigenvalue weighted by Crippen LogP contribution is 2.36. The molecule has 0 aliphatic heterocycles. The number of hydrogen-bond donors (Lipinski definition) is 2. The van der Waals surface area contributed by atoms with E-state index in [1.165, 1.54) is 19.3 Å². The zero-order chi connectivity index (χ0) is 16.3. The number of carbonyl (C=O) groups is 1. The summed E-state index contributed by atoms with van der Waals surface area (Å²) in [6, 6.07) is 0.163. The van der Waals surface area contributed by atoms with Crippen molar-refractivity contribution < 1.29 is 9.90 Å². The Morgan fingerprint density at radius 1 is 1.33 bits per heavy atom. The first-order chi connectivity index (χ1) is 9.61. The molecule has 1 rings (SSSR count). The van der Waals surface area contributed by atoms with Gasteiger partial charge in [-0.05, 0) is 67.6 Å². The molecule has 0 heterocycles.